The third kappa shape index (κ3) is 2.27. The normalized spacial score (nSPS) is 9.08. The van der Waals surface area contributed by atoms with Gasteiger partial charge in [0.2, 0.25) is 5.91 Å². The van der Waals surface area contributed by atoms with Crippen LogP contribution in [0.25, 0.3) is 10.4 Å². The second kappa shape index (κ2) is 4.02. The largest absolute Gasteiger partial charge is 0.287 e. The number of azide groups is 1. The van der Waals surface area contributed by atoms with E-state index in [-0.39, 0.29) is 10.0 Å². The number of hydrogen-bond donors (Lipinski definition) is 0. The minimum atomic E-state index is -0.733. The van der Waals surface area contributed by atoms with Crippen LogP contribution in [-0.4, -0.2) is 5.91 Å². The van der Waals surface area contributed by atoms with E-state index in [0.717, 1.165) is 6.07 Å². The van der Waals surface area contributed by atoms with Crippen molar-refractivity contribution in [2.45, 2.75) is 0 Å². The van der Waals surface area contributed by atoms with Gasteiger partial charge in [0, 0.05) is 10.5 Å². The average molecular weight is 244 g/mol. The molecule has 0 unspecified atom stereocenters. The maximum absolute atomic E-state index is 12.7. The third-order valence-electron chi connectivity index (χ3n) is 1.30. The zero-order chi connectivity index (χ0) is 9.84. The molecule has 0 heterocycles. The minimum absolute atomic E-state index is 0.145. The number of halogens is 2. The summed E-state index contributed by atoms with van der Waals surface area (Å²) in [5, 5.41) is 2.86. The summed E-state index contributed by atoms with van der Waals surface area (Å²) in [5.74, 6) is -1.21. The van der Waals surface area contributed by atoms with Crippen molar-refractivity contribution in [1.82, 2.24) is 0 Å². The Bertz CT molecular complexity index is 401. The van der Waals surface area contributed by atoms with Gasteiger partial charge in [0.1, 0.15) is 5.82 Å². The lowest BCUT2D eigenvalue weighted by atomic mass is 10.2. The number of carbonyl (C=O) groups is 1. The van der Waals surface area contributed by atoms with Crippen LogP contribution in [0.15, 0.2) is 27.8 Å². The second-order valence-electron chi connectivity index (χ2n) is 2.12. The first-order chi connectivity index (χ1) is 6.15. The van der Waals surface area contributed by atoms with Crippen molar-refractivity contribution in [3.8, 4) is 0 Å². The third-order valence-corrected chi connectivity index (χ3v) is 1.91. The summed E-state index contributed by atoms with van der Waals surface area (Å²) >= 11 is 2.90. The Labute approximate surface area is 81.1 Å². The predicted octanol–water partition coefficient (Wildman–Crippen LogP) is 3.04. The van der Waals surface area contributed by atoms with Crippen molar-refractivity contribution >= 4 is 21.8 Å². The van der Waals surface area contributed by atoms with Crippen molar-refractivity contribution < 1.29 is 9.18 Å². The molecule has 0 bridgehead atoms. The van der Waals surface area contributed by atoms with Crippen LogP contribution in [0, 0.1) is 5.82 Å². The van der Waals surface area contributed by atoms with E-state index < -0.39 is 11.7 Å². The Morgan fingerprint density at radius 1 is 1.62 bits per heavy atom. The highest BCUT2D eigenvalue weighted by Gasteiger charge is 2.05. The van der Waals surface area contributed by atoms with Gasteiger partial charge in [-0.15, -0.1) is 0 Å². The molecule has 0 N–H and O–H groups in total. The van der Waals surface area contributed by atoms with Gasteiger partial charge < -0.3 is 0 Å². The van der Waals surface area contributed by atoms with Crippen LogP contribution in [0.1, 0.15) is 10.4 Å². The van der Waals surface area contributed by atoms with E-state index in [1.807, 2.05) is 0 Å². The molecule has 13 heavy (non-hydrogen) atoms. The SMILES string of the molecule is [N-]=[N+]=NC(=O)c1ccc(F)c(Br)c1. The van der Waals surface area contributed by atoms with E-state index in [9.17, 15) is 9.18 Å². The van der Waals surface area contributed by atoms with Gasteiger partial charge in [-0.3, -0.25) is 4.79 Å². The van der Waals surface area contributed by atoms with Crippen LogP contribution in [0.3, 0.4) is 0 Å². The standard InChI is InChI=1S/C7H3BrFN3O/c8-5-3-4(1-2-6(5)9)7(13)11-12-10/h1-3H. The van der Waals surface area contributed by atoms with Crippen LogP contribution in [0.2, 0.25) is 0 Å². The Balaban J connectivity index is 3.10. The van der Waals surface area contributed by atoms with E-state index in [4.69, 9.17) is 5.53 Å². The maximum Gasteiger partial charge on any atom is 0.249 e. The van der Waals surface area contributed by atoms with E-state index >= 15 is 0 Å². The molecule has 0 atom stereocenters. The molecule has 66 valence electrons. The Hall–Kier alpha value is -1.39. The van der Waals surface area contributed by atoms with Gasteiger partial charge in [0.05, 0.1) is 4.47 Å². The van der Waals surface area contributed by atoms with Gasteiger partial charge in [-0.2, -0.15) is 0 Å². The molecule has 1 aromatic rings. The number of nitrogens with zero attached hydrogens (tertiary/aromatic N) is 3. The van der Waals surface area contributed by atoms with Crippen molar-refractivity contribution in [2.75, 3.05) is 0 Å². The molecule has 0 aliphatic heterocycles. The molecule has 0 saturated carbocycles. The summed E-state index contributed by atoms with van der Waals surface area (Å²) in [5.41, 5.74) is 8.12. The Morgan fingerprint density at radius 2 is 2.31 bits per heavy atom. The van der Waals surface area contributed by atoms with Gasteiger partial charge in [-0.25, -0.2) is 4.39 Å². The Kier molecular flexibility index (Phi) is 3.00. The highest BCUT2D eigenvalue weighted by Crippen LogP contribution is 2.17. The van der Waals surface area contributed by atoms with E-state index in [1.54, 1.807) is 0 Å². The van der Waals surface area contributed by atoms with Gasteiger partial charge in [0.25, 0.3) is 0 Å². The molecule has 0 radical (unpaired) electrons. The molecule has 0 fully saturated rings. The average Bonchev–Trinajstić information content (AvgIpc) is 2.10. The summed E-state index contributed by atoms with van der Waals surface area (Å²) < 4.78 is 12.8. The predicted molar refractivity (Wildman–Crippen MR) is 47.6 cm³/mol. The molecular weight excluding hydrogens is 241 g/mol. The maximum atomic E-state index is 12.7. The first-order valence-electron chi connectivity index (χ1n) is 3.19. The van der Waals surface area contributed by atoms with Gasteiger partial charge in [-0.1, -0.05) is 0 Å². The fourth-order valence-corrected chi connectivity index (χ4v) is 1.11. The summed E-state index contributed by atoms with van der Waals surface area (Å²) in [6.45, 7) is 0. The number of benzene rings is 1. The molecule has 0 aliphatic carbocycles. The molecule has 0 spiro atoms. The molecule has 6 heteroatoms. The van der Waals surface area contributed by atoms with Crippen molar-refractivity contribution in [3.05, 3.63) is 44.5 Å². The summed E-state index contributed by atoms with van der Waals surface area (Å²) in [4.78, 5) is 13.3. The lowest BCUT2D eigenvalue weighted by Crippen LogP contribution is -1.93. The zero-order valence-corrected chi connectivity index (χ0v) is 7.82. The van der Waals surface area contributed by atoms with E-state index in [2.05, 4.69) is 26.0 Å². The van der Waals surface area contributed by atoms with Crippen LogP contribution in [0.4, 0.5) is 4.39 Å². The molecule has 0 aromatic heterocycles. The van der Waals surface area contributed by atoms with E-state index in [1.165, 1.54) is 12.1 Å². The van der Waals surface area contributed by atoms with Crippen LogP contribution in [-0.2, 0) is 0 Å². The topological polar surface area (TPSA) is 65.8 Å². The summed E-state index contributed by atoms with van der Waals surface area (Å²) in [6.07, 6.45) is 0. The zero-order valence-electron chi connectivity index (χ0n) is 6.24. The van der Waals surface area contributed by atoms with Crippen molar-refractivity contribution in [2.24, 2.45) is 5.11 Å². The van der Waals surface area contributed by atoms with Crippen LogP contribution >= 0.6 is 15.9 Å². The quantitative estimate of drug-likeness (QED) is 0.425. The van der Waals surface area contributed by atoms with Gasteiger partial charge >= 0.3 is 0 Å². The monoisotopic (exact) mass is 243 g/mol. The first kappa shape index (κ1) is 9.70. The molecule has 1 amide bonds. The molecule has 0 saturated heterocycles. The number of amides is 1. The smallest absolute Gasteiger partial charge is 0.249 e. The number of rotatable bonds is 1. The molecular formula is C7H3BrFN3O. The molecule has 4 nitrogen and oxygen atoms in total. The fraction of sp³-hybridized carbons (Fsp3) is 0. The fourth-order valence-electron chi connectivity index (χ4n) is 0.728. The first-order valence-corrected chi connectivity index (χ1v) is 3.99. The lowest BCUT2D eigenvalue weighted by Gasteiger charge is -1.96. The minimum Gasteiger partial charge on any atom is -0.287 e. The van der Waals surface area contributed by atoms with Crippen LogP contribution < -0.4 is 0 Å². The highest BCUT2D eigenvalue weighted by molar-refractivity contribution is 9.10. The van der Waals surface area contributed by atoms with Crippen molar-refractivity contribution in [1.29, 1.82) is 0 Å². The molecule has 0 aliphatic rings. The number of hydrogen-bond acceptors (Lipinski definition) is 1. The van der Waals surface area contributed by atoms with Gasteiger partial charge in [-0.05, 0) is 44.8 Å². The summed E-state index contributed by atoms with van der Waals surface area (Å²) in [6, 6.07) is 3.62. The lowest BCUT2D eigenvalue weighted by molar-refractivity contribution is 0.100. The molecule has 1 rings (SSSR count). The highest BCUT2D eigenvalue weighted by atomic mass is 79.9. The van der Waals surface area contributed by atoms with Crippen LogP contribution in [0.5, 0.6) is 0 Å². The summed E-state index contributed by atoms with van der Waals surface area (Å²) in [7, 11) is 0. The van der Waals surface area contributed by atoms with Gasteiger partial charge in [0.15, 0.2) is 0 Å². The van der Waals surface area contributed by atoms with Crippen molar-refractivity contribution in [3.63, 3.8) is 0 Å². The second-order valence-corrected chi connectivity index (χ2v) is 2.98. The number of carbonyl (C=O) groups excluding carboxylic acids is 1. The molecule has 1 aromatic carbocycles. The van der Waals surface area contributed by atoms with E-state index in [0.29, 0.717) is 0 Å². The Morgan fingerprint density at radius 3 is 2.85 bits per heavy atom.